The van der Waals surface area contributed by atoms with Crippen LogP contribution in [0.25, 0.3) is 0 Å². The van der Waals surface area contributed by atoms with Crippen molar-refractivity contribution in [2.45, 2.75) is 33.4 Å². The van der Waals surface area contributed by atoms with Crippen LogP contribution in [0.3, 0.4) is 0 Å². The summed E-state index contributed by atoms with van der Waals surface area (Å²) in [7, 11) is 0. The van der Waals surface area contributed by atoms with E-state index in [1.54, 1.807) is 49.0 Å². The van der Waals surface area contributed by atoms with Gasteiger partial charge in [-0.2, -0.15) is 10.2 Å². The van der Waals surface area contributed by atoms with Crippen LogP contribution in [0, 0.1) is 13.8 Å². The maximum atomic E-state index is 12.5. The molecule has 1 atom stereocenters. The Bertz CT molecular complexity index is 955. The fraction of sp³-hybridized carbons (Fsp3) is 0.278. The van der Waals surface area contributed by atoms with E-state index >= 15 is 0 Å². The van der Waals surface area contributed by atoms with Crippen LogP contribution in [-0.2, 0) is 11.3 Å². The summed E-state index contributed by atoms with van der Waals surface area (Å²) in [6, 6.07) is 6.61. The van der Waals surface area contributed by atoms with Crippen LogP contribution < -0.4 is 5.32 Å². The molecule has 27 heavy (non-hydrogen) atoms. The number of aromatic nitrogens is 4. The molecular formula is C18H18Cl3N5O. The predicted octanol–water partition coefficient (Wildman–Crippen LogP) is 4.90. The minimum Gasteiger partial charge on any atom is -0.307 e. The smallest absolute Gasteiger partial charge is 0.250 e. The fourth-order valence-electron chi connectivity index (χ4n) is 2.57. The first-order valence-corrected chi connectivity index (χ1v) is 9.39. The van der Waals surface area contributed by atoms with E-state index in [1.165, 1.54) is 4.68 Å². The summed E-state index contributed by atoms with van der Waals surface area (Å²) in [6.45, 7) is 5.83. The van der Waals surface area contributed by atoms with Gasteiger partial charge in [-0.15, -0.1) is 0 Å². The first-order valence-electron chi connectivity index (χ1n) is 8.25. The van der Waals surface area contributed by atoms with Crippen molar-refractivity contribution in [2.24, 2.45) is 0 Å². The lowest BCUT2D eigenvalue weighted by atomic mass is 10.2. The Balaban J connectivity index is 1.75. The number of benzene rings is 1. The van der Waals surface area contributed by atoms with Crippen molar-refractivity contribution in [3.8, 4) is 0 Å². The van der Waals surface area contributed by atoms with Gasteiger partial charge in [-0.1, -0.05) is 40.9 Å². The van der Waals surface area contributed by atoms with E-state index in [2.05, 4.69) is 15.5 Å². The van der Waals surface area contributed by atoms with Crippen molar-refractivity contribution in [1.29, 1.82) is 0 Å². The molecule has 0 bridgehead atoms. The van der Waals surface area contributed by atoms with Crippen molar-refractivity contribution in [3.05, 3.63) is 62.5 Å². The number of halogens is 3. The largest absolute Gasteiger partial charge is 0.307 e. The zero-order valence-electron chi connectivity index (χ0n) is 15.0. The van der Waals surface area contributed by atoms with Gasteiger partial charge in [0.15, 0.2) is 5.82 Å². The maximum absolute atomic E-state index is 12.5. The van der Waals surface area contributed by atoms with Gasteiger partial charge in [0.1, 0.15) is 6.04 Å². The zero-order valence-corrected chi connectivity index (χ0v) is 17.3. The summed E-state index contributed by atoms with van der Waals surface area (Å²) in [5, 5.41) is 13.1. The summed E-state index contributed by atoms with van der Waals surface area (Å²) >= 11 is 18.5. The Morgan fingerprint density at radius 2 is 1.81 bits per heavy atom. The minimum atomic E-state index is -0.528. The SMILES string of the molecule is Cc1nn(C(C)C(=O)Nc2cc(C)n(Cc3c(Cl)cccc3Cl)n2)cc1Cl. The molecule has 9 heteroatoms. The number of nitrogens with one attached hydrogen (secondary N) is 1. The van der Waals surface area contributed by atoms with Gasteiger partial charge in [0.05, 0.1) is 17.3 Å². The number of amides is 1. The third-order valence-electron chi connectivity index (χ3n) is 4.24. The van der Waals surface area contributed by atoms with E-state index < -0.39 is 6.04 Å². The lowest BCUT2D eigenvalue weighted by Crippen LogP contribution is -2.24. The molecule has 0 radical (unpaired) electrons. The van der Waals surface area contributed by atoms with E-state index in [4.69, 9.17) is 34.8 Å². The topological polar surface area (TPSA) is 64.7 Å². The summed E-state index contributed by atoms with van der Waals surface area (Å²) in [5.74, 6) is 0.206. The number of hydrogen-bond donors (Lipinski definition) is 1. The fourth-order valence-corrected chi connectivity index (χ4v) is 3.23. The van der Waals surface area contributed by atoms with Gasteiger partial charge in [0.2, 0.25) is 5.91 Å². The van der Waals surface area contributed by atoms with Crippen LogP contribution in [0.1, 0.15) is 29.9 Å². The van der Waals surface area contributed by atoms with Crippen LogP contribution in [0.5, 0.6) is 0 Å². The number of carbonyl (C=O) groups excluding carboxylic acids is 1. The third-order valence-corrected chi connectivity index (χ3v) is 5.31. The van der Waals surface area contributed by atoms with E-state index in [-0.39, 0.29) is 5.91 Å². The van der Waals surface area contributed by atoms with Crippen LogP contribution in [0.15, 0.2) is 30.5 Å². The van der Waals surface area contributed by atoms with Gasteiger partial charge in [-0.3, -0.25) is 14.2 Å². The first-order chi connectivity index (χ1) is 12.8. The van der Waals surface area contributed by atoms with Crippen molar-refractivity contribution in [2.75, 3.05) is 5.32 Å². The standard InChI is InChI=1S/C18H18Cl3N5O/c1-10-7-17(22-18(27)12(3)26-9-16(21)11(2)23-26)24-25(10)8-13-14(19)5-4-6-15(13)20/h4-7,9,12H,8H2,1-3H3,(H,22,24,27). The number of nitrogens with zero attached hydrogens (tertiary/aromatic N) is 4. The van der Waals surface area contributed by atoms with Gasteiger partial charge in [0.25, 0.3) is 0 Å². The highest BCUT2D eigenvalue weighted by molar-refractivity contribution is 6.36. The zero-order chi connectivity index (χ0) is 19.7. The molecule has 3 aromatic rings. The molecule has 1 N–H and O–H groups in total. The second-order valence-electron chi connectivity index (χ2n) is 6.24. The average Bonchev–Trinajstić information content (AvgIpc) is 3.12. The summed E-state index contributed by atoms with van der Waals surface area (Å²) in [5.41, 5.74) is 2.32. The molecule has 0 aliphatic heterocycles. The van der Waals surface area contributed by atoms with Crippen molar-refractivity contribution in [1.82, 2.24) is 19.6 Å². The third kappa shape index (κ3) is 4.29. The Morgan fingerprint density at radius 3 is 2.41 bits per heavy atom. The van der Waals surface area contributed by atoms with Gasteiger partial charge < -0.3 is 5.32 Å². The van der Waals surface area contributed by atoms with Crippen LogP contribution in [0.4, 0.5) is 5.82 Å². The van der Waals surface area contributed by atoms with Crippen molar-refractivity contribution >= 4 is 46.5 Å². The average molecular weight is 427 g/mol. The molecule has 6 nitrogen and oxygen atoms in total. The van der Waals surface area contributed by atoms with Crippen LogP contribution >= 0.6 is 34.8 Å². The van der Waals surface area contributed by atoms with Crippen molar-refractivity contribution < 1.29 is 4.79 Å². The van der Waals surface area contributed by atoms with Crippen LogP contribution in [-0.4, -0.2) is 25.5 Å². The normalized spacial score (nSPS) is 12.2. The maximum Gasteiger partial charge on any atom is 0.250 e. The Morgan fingerprint density at radius 1 is 1.15 bits per heavy atom. The second-order valence-corrected chi connectivity index (χ2v) is 7.46. The highest BCUT2D eigenvalue weighted by Crippen LogP contribution is 2.26. The molecule has 1 amide bonds. The lowest BCUT2D eigenvalue weighted by molar-refractivity contribution is -0.119. The summed E-state index contributed by atoms with van der Waals surface area (Å²) < 4.78 is 3.27. The van der Waals surface area contributed by atoms with Gasteiger partial charge in [0, 0.05) is 33.6 Å². The van der Waals surface area contributed by atoms with E-state index in [1.807, 2.05) is 6.92 Å². The highest BCUT2D eigenvalue weighted by atomic mass is 35.5. The molecule has 0 aliphatic carbocycles. The molecule has 142 valence electrons. The first kappa shape index (κ1) is 19.7. The van der Waals surface area contributed by atoms with Gasteiger partial charge >= 0.3 is 0 Å². The molecule has 1 unspecified atom stereocenters. The number of hydrogen-bond acceptors (Lipinski definition) is 3. The Labute approximate surface area is 172 Å². The molecule has 0 aliphatic rings. The molecule has 0 saturated carbocycles. The number of rotatable bonds is 5. The lowest BCUT2D eigenvalue weighted by Gasteiger charge is -2.11. The van der Waals surface area contributed by atoms with Crippen molar-refractivity contribution in [3.63, 3.8) is 0 Å². The van der Waals surface area contributed by atoms with E-state index in [0.717, 1.165) is 11.3 Å². The second kappa shape index (κ2) is 7.92. The number of carbonyl (C=O) groups is 1. The van der Waals surface area contributed by atoms with Crippen LogP contribution in [0.2, 0.25) is 15.1 Å². The monoisotopic (exact) mass is 425 g/mol. The van der Waals surface area contributed by atoms with Gasteiger partial charge in [-0.05, 0) is 32.9 Å². The highest BCUT2D eigenvalue weighted by Gasteiger charge is 2.19. The minimum absolute atomic E-state index is 0.241. The van der Waals surface area contributed by atoms with E-state index in [9.17, 15) is 4.79 Å². The quantitative estimate of drug-likeness (QED) is 0.631. The number of aryl methyl sites for hydroxylation is 2. The Hall–Kier alpha value is -2.02. The van der Waals surface area contributed by atoms with Gasteiger partial charge in [-0.25, -0.2) is 0 Å². The molecule has 3 rings (SSSR count). The molecule has 1 aromatic carbocycles. The molecule has 2 aromatic heterocycles. The molecule has 0 fully saturated rings. The molecular weight excluding hydrogens is 409 g/mol. The molecule has 0 saturated heterocycles. The molecule has 2 heterocycles. The summed E-state index contributed by atoms with van der Waals surface area (Å²) in [6.07, 6.45) is 1.63. The number of anilines is 1. The summed E-state index contributed by atoms with van der Waals surface area (Å²) in [4.78, 5) is 12.5. The van der Waals surface area contributed by atoms with E-state index in [0.29, 0.717) is 33.1 Å². The Kier molecular flexibility index (Phi) is 5.79. The molecule has 0 spiro atoms. The predicted molar refractivity (Wildman–Crippen MR) is 108 cm³/mol.